The maximum absolute atomic E-state index is 9.11. The zero-order chi connectivity index (χ0) is 21.9. The molecule has 0 spiro atoms. The quantitative estimate of drug-likeness (QED) is 0.462. The van der Waals surface area contributed by atoms with Crippen LogP contribution in [0, 0.1) is 17.2 Å². The number of nitrogens with zero attached hydrogens (tertiary/aromatic N) is 6. The summed E-state index contributed by atoms with van der Waals surface area (Å²) in [7, 11) is 0. The summed E-state index contributed by atoms with van der Waals surface area (Å²) in [5.74, 6) is 1.61. The zero-order valence-electron chi connectivity index (χ0n) is 18.1. The first kappa shape index (κ1) is 18.7. The molecule has 162 valence electrons. The van der Waals surface area contributed by atoms with Gasteiger partial charge in [-0.3, -0.25) is 4.57 Å². The molecule has 33 heavy (non-hydrogen) atoms. The number of anilines is 1. The molecule has 0 saturated carbocycles. The van der Waals surface area contributed by atoms with Gasteiger partial charge in [-0.2, -0.15) is 5.26 Å². The lowest BCUT2D eigenvalue weighted by molar-refractivity contribution is 0.556. The van der Waals surface area contributed by atoms with Gasteiger partial charge in [-0.15, -0.1) is 10.2 Å². The van der Waals surface area contributed by atoms with Gasteiger partial charge in [-0.05, 0) is 66.4 Å². The predicted molar refractivity (Wildman–Crippen MR) is 126 cm³/mol. The van der Waals surface area contributed by atoms with Gasteiger partial charge in [0.15, 0.2) is 5.82 Å². The van der Waals surface area contributed by atoms with Crippen LogP contribution in [0.25, 0.3) is 28.3 Å². The van der Waals surface area contributed by atoms with Gasteiger partial charge < -0.3 is 14.8 Å². The largest absolute Gasteiger partial charge is 0.370 e. The van der Waals surface area contributed by atoms with Gasteiger partial charge in [0.25, 0.3) is 0 Å². The van der Waals surface area contributed by atoms with E-state index in [4.69, 9.17) is 5.26 Å². The predicted octanol–water partition coefficient (Wildman–Crippen LogP) is 3.43. The Morgan fingerprint density at radius 1 is 1.03 bits per heavy atom. The van der Waals surface area contributed by atoms with E-state index in [0.717, 1.165) is 60.4 Å². The molecule has 2 aromatic heterocycles. The molecule has 7 heteroatoms. The van der Waals surface area contributed by atoms with E-state index in [1.54, 1.807) is 0 Å². The molecule has 3 aliphatic heterocycles. The third-order valence-corrected chi connectivity index (χ3v) is 7.41. The van der Waals surface area contributed by atoms with E-state index in [1.807, 2.05) is 30.6 Å². The number of aromatic nitrogens is 4. The van der Waals surface area contributed by atoms with Crippen LogP contribution in [0.5, 0.6) is 0 Å². The maximum Gasteiger partial charge on any atom is 0.185 e. The normalized spacial score (nSPS) is 20.5. The van der Waals surface area contributed by atoms with Gasteiger partial charge in [0.05, 0.1) is 23.0 Å². The first-order chi connectivity index (χ1) is 16.3. The fourth-order valence-electron chi connectivity index (χ4n) is 5.68. The lowest BCUT2D eigenvalue weighted by Crippen LogP contribution is -2.30. The van der Waals surface area contributed by atoms with Gasteiger partial charge in [-0.1, -0.05) is 12.1 Å². The molecule has 2 aromatic carbocycles. The fraction of sp³-hybridized carbons (Fsp3) is 0.269. The lowest BCUT2D eigenvalue weighted by Gasteiger charge is -2.21. The number of rotatable bonds is 2. The minimum Gasteiger partial charge on any atom is -0.370 e. The third kappa shape index (κ3) is 2.91. The average molecular weight is 434 g/mol. The highest BCUT2D eigenvalue weighted by molar-refractivity contribution is 5.72. The minimum atomic E-state index is 0.624. The molecule has 2 fully saturated rings. The van der Waals surface area contributed by atoms with E-state index >= 15 is 0 Å². The second-order valence-corrected chi connectivity index (χ2v) is 9.28. The summed E-state index contributed by atoms with van der Waals surface area (Å²) in [6, 6.07) is 19.5. The molecule has 1 N–H and O–H groups in total. The van der Waals surface area contributed by atoms with E-state index in [1.165, 1.54) is 17.7 Å². The molecule has 2 atom stereocenters. The molecule has 7 nitrogen and oxygen atoms in total. The number of hydrogen-bond donors (Lipinski definition) is 1. The van der Waals surface area contributed by atoms with Crippen molar-refractivity contribution in [3.8, 4) is 34.4 Å². The summed E-state index contributed by atoms with van der Waals surface area (Å²) >= 11 is 0. The Morgan fingerprint density at radius 3 is 2.79 bits per heavy atom. The molecular formula is C26H23N7. The number of benzene rings is 2. The topological polar surface area (TPSA) is 74.7 Å². The van der Waals surface area contributed by atoms with Crippen molar-refractivity contribution in [1.29, 1.82) is 5.26 Å². The van der Waals surface area contributed by atoms with Crippen molar-refractivity contribution in [3.63, 3.8) is 0 Å². The van der Waals surface area contributed by atoms with E-state index in [2.05, 4.69) is 66.1 Å². The van der Waals surface area contributed by atoms with Crippen LogP contribution in [-0.4, -0.2) is 45.0 Å². The summed E-state index contributed by atoms with van der Waals surface area (Å²) in [6.45, 7) is 4.14. The Kier molecular flexibility index (Phi) is 3.99. The van der Waals surface area contributed by atoms with Crippen LogP contribution in [0.2, 0.25) is 0 Å². The van der Waals surface area contributed by atoms with Crippen LogP contribution < -0.4 is 10.2 Å². The van der Waals surface area contributed by atoms with Crippen molar-refractivity contribution in [2.75, 3.05) is 24.5 Å². The van der Waals surface area contributed by atoms with E-state index < -0.39 is 0 Å². The highest BCUT2D eigenvalue weighted by Crippen LogP contribution is 2.36. The van der Waals surface area contributed by atoms with E-state index in [0.29, 0.717) is 11.6 Å². The zero-order valence-corrected chi connectivity index (χ0v) is 18.1. The van der Waals surface area contributed by atoms with Crippen molar-refractivity contribution in [3.05, 3.63) is 72.2 Å². The molecule has 5 heterocycles. The van der Waals surface area contributed by atoms with Crippen molar-refractivity contribution >= 4 is 5.69 Å². The number of fused-ring (bicyclic) bond motifs is 6. The Hall–Kier alpha value is -3.89. The molecule has 0 aliphatic carbocycles. The first-order valence-corrected chi connectivity index (χ1v) is 11.5. The number of hydrogen-bond acceptors (Lipinski definition) is 5. The summed E-state index contributed by atoms with van der Waals surface area (Å²) in [6.07, 6.45) is 5.27. The molecule has 3 aliphatic rings. The van der Waals surface area contributed by atoms with Crippen LogP contribution in [0.3, 0.4) is 0 Å². The lowest BCUT2D eigenvalue weighted by atomic mass is 10.1. The Bertz CT molecular complexity index is 1390. The molecule has 2 saturated heterocycles. The van der Waals surface area contributed by atoms with E-state index in [-0.39, 0.29) is 0 Å². The van der Waals surface area contributed by atoms with Crippen LogP contribution in [-0.2, 0) is 6.54 Å². The fourth-order valence-corrected chi connectivity index (χ4v) is 5.68. The molecule has 2 unspecified atom stereocenters. The first-order valence-electron chi connectivity index (χ1n) is 11.5. The van der Waals surface area contributed by atoms with Crippen molar-refractivity contribution in [1.82, 2.24) is 24.6 Å². The standard InChI is InChI=1S/C26H23N7/c27-11-17-1-3-18(4-2-17)20-10-25-26-30-29-16-33(26)24-6-5-22(9-21(24)14-32(25)13-20)31-12-19-7-8-28-23(19)15-31/h1-6,9-10,13,16,19,23,28H,7-8,12,14-15H2. The maximum atomic E-state index is 9.11. The van der Waals surface area contributed by atoms with Crippen LogP contribution in [0.15, 0.2) is 61.1 Å². The highest BCUT2D eigenvalue weighted by atomic mass is 15.3. The van der Waals surface area contributed by atoms with Crippen molar-refractivity contribution < 1.29 is 0 Å². The summed E-state index contributed by atoms with van der Waals surface area (Å²) in [5, 5.41) is 21.5. The Labute approximate surface area is 191 Å². The number of nitrogens with one attached hydrogen (secondary N) is 1. The van der Waals surface area contributed by atoms with E-state index in [9.17, 15) is 0 Å². The number of nitriles is 1. The molecule has 7 rings (SSSR count). The highest BCUT2D eigenvalue weighted by Gasteiger charge is 2.36. The molecular weight excluding hydrogens is 410 g/mol. The van der Waals surface area contributed by atoms with Crippen molar-refractivity contribution in [2.24, 2.45) is 5.92 Å². The Balaban J connectivity index is 1.29. The molecule has 0 bridgehead atoms. The minimum absolute atomic E-state index is 0.624. The second-order valence-electron chi connectivity index (χ2n) is 9.28. The van der Waals surface area contributed by atoms with Crippen molar-refractivity contribution in [2.45, 2.75) is 19.0 Å². The monoisotopic (exact) mass is 433 g/mol. The molecule has 0 amide bonds. The van der Waals surface area contributed by atoms with Crippen LogP contribution in [0.1, 0.15) is 17.5 Å². The molecule has 0 radical (unpaired) electrons. The van der Waals surface area contributed by atoms with Gasteiger partial charge in [-0.25, -0.2) is 0 Å². The van der Waals surface area contributed by atoms with Gasteiger partial charge in [0, 0.05) is 43.1 Å². The smallest absolute Gasteiger partial charge is 0.185 e. The van der Waals surface area contributed by atoms with Gasteiger partial charge in [0.1, 0.15) is 6.33 Å². The van der Waals surface area contributed by atoms with Gasteiger partial charge in [0.2, 0.25) is 0 Å². The third-order valence-electron chi connectivity index (χ3n) is 7.41. The van der Waals surface area contributed by atoms with Crippen LogP contribution in [0.4, 0.5) is 5.69 Å². The second kappa shape index (κ2) is 7.06. The average Bonchev–Trinajstić information content (AvgIpc) is 3.62. The van der Waals surface area contributed by atoms with Crippen LogP contribution >= 0.6 is 0 Å². The summed E-state index contributed by atoms with van der Waals surface area (Å²) in [4.78, 5) is 2.53. The Morgan fingerprint density at radius 2 is 1.94 bits per heavy atom. The van der Waals surface area contributed by atoms with Gasteiger partial charge >= 0.3 is 0 Å². The molecule has 4 aromatic rings. The SMILES string of the molecule is N#Cc1ccc(-c2cc3n(c2)Cc2cc(N4CC5CCNC5C4)ccc2-n2cnnc2-3)cc1. The summed E-state index contributed by atoms with van der Waals surface area (Å²) in [5.41, 5.74) is 7.61. The summed E-state index contributed by atoms with van der Waals surface area (Å²) < 4.78 is 4.37.